The van der Waals surface area contributed by atoms with Crippen LogP contribution in [0, 0.1) is 35.0 Å². The molecule has 0 atom stereocenters. The summed E-state index contributed by atoms with van der Waals surface area (Å²) in [5.74, 6) is 3.26. The highest BCUT2D eigenvalue weighted by molar-refractivity contribution is 8.12. The lowest BCUT2D eigenvalue weighted by atomic mass is 9.69. The van der Waals surface area contributed by atoms with Crippen LogP contribution < -0.4 is 0 Å². The topological polar surface area (TPSA) is 50.1 Å². The van der Waals surface area contributed by atoms with Crippen LogP contribution in [0.15, 0.2) is 24.3 Å². The molecule has 0 aromatic heterocycles. The minimum Gasteiger partial charge on any atom is -0.457 e. The van der Waals surface area contributed by atoms with E-state index in [4.69, 9.17) is 10.00 Å². The lowest BCUT2D eigenvalue weighted by molar-refractivity contribution is 0.104. The maximum Gasteiger partial charge on any atom is 0.367 e. The van der Waals surface area contributed by atoms with Crippen LogP contribution in [0.3, 0.4) is 0 Å². The number of carbonyl (C=O) groups is 1. The molecule has 2 fully saturated rings. The SMILES string of the molecule is CSC(=O)OCC1CCC(C2CCC(CCc3ccc(C#N)cc3)CC2)CC1. The van der Waals surface area contributed by atoms with E-state index >= 15 is 0 Å². The lowest BCUT2D eigenvalue weighted by Gasteiger charge is -2.37. The standard InChI is InChI=1S/C24H33NO2S/c1-28-24(26)27-17-21-10-14-23(15-11-21)22-12-8-19(9-13-22)3-2-18-4-6-20(16-25)7-5-18/h4-7,19,21-23H,2-3,8-15,17H2,1H3. The van der Waals surface area contributed by atoms with Crippen molar-refractivity contribution in [1.29, 1.82) is 5.26 Å². The van der Waals surface area contributed by atoms with Gasteiger partial charge in [0.25, 0.3) is 0 Å². The second kappa shape index (κ2) is 10.9. The zero-order valence-electron chi connectivity index (χ0n) is 17.1. The summed E-state index contributed by atoms with van der Waals surface area (Å²) in [7, 11) is 0. The minimum absolute atomic E-state index is 0.138. The molecular formula is C24H33NO2S. The first-order valence-electron chi connectivity index (χ1n) is 10.9. The lowest BCUT2D eigenvalue weighted by Crippen LogP contribution is -2.27. The Morgan fingerprint density at radius 2 is 1.57 bits per heavy atom. The molecule has 0 radical (unpaired) electrons. The van der Waals surface area contributed by atoms with Crippen molar-refractivity contribution in [3.63, 3.8) is 0 Å². The number of ether oxygens (including phenoxy) is 1. The molecule has 28 heavy (non-hydrogen) atoms. The normalized spacial score (nSPS) is 27.7. The van der Waals surface area contributed by atoms with E-state index in [0.29, 0.717) is 12.5 Å². The van der Waals surface area contributed by atoms with Crippen LogP contribution in [0.1, 0.15) is 68.9 Å². The first-order valence-corrected chi connectivity index (χ1v) is 12.1. The third-order valence-corrected chi connectivity index (χ3v) is 7.43. The first kappa shape index (κ1) is 21.2. The van der Waals surface area contributed by atoms with Crippen LogP contribution in [0.2, 0.25) is 0 Å². The van der Waals surface area contributed by atoms with Crippen LogP contribution in [0.25, 0.3) is 0 Å². The van der Waals surface area contributed by atoms with E-state index in [-0.39, 0.29) is 5.30 Å². The highest BCUT2D eigenvalue weighted by Crippen LogP contribution is 2.42. The van der Waals surface area contributed by atoms with Crippen molar-refractivity contribution < 1.29 is 9.53 Å². The van der Waals surface area contributed by atoms with Gasteiger partial charge in [-0.1, -0.05) is 25.0 Å². The monoisotopic (exact) mass is 399 g/mol. The summed E-state index contributed by atoms with van der Waals surface area (Å²) in [6.07, 6.45) is 14.9. The first-order chi connectivity index (χ1) is 13.7. The van der Waals surface area contributed by atoms with Crippen molar-refractivity contribution >= 4 is 17.1 Å². The third kappa shape index (κ3) is 6.27. The summed E-state index contributed by atoms with van der Waals surface area (Å²) in [6.45, 7) is 0.620. The van der Waals surface area contributed by atoms with Crippen molar-refractivity contribution in [3.05, 3.63) is 35.4 Å². The molecule has 0 aliphatic heterocycles. The molecule has 0 amide bonds. The molecule has 1 aromatic rings. The second-order valence-electron chi connectivity index (χ2n) is 8.67. The predicted octanol–water partition coefficient (Wildman–Crippen LogP) is 6.60. The summed E-state index contributed by atoms with van der Waals surface area (Å²) >= 11 is 1.17. The van der Waals surface area contributed by atoms with Gasteiger partial charge in [-0.15, -0.1) is 0 Å². The molecule has 2 saturated carbocycles. The summed E-state index contributed by atoms with van der Waals surface area (Å²) < 4.78 is 5.31. The molecular weight excluding hydrogens is 366 g/mol. The molecule has 3 nitrogen and oxygen atoms in total. The van der Waals surface area contributed by atoms with Crippen molar-refractivity contribution in [2.75, 3.05) is 12.9 Å². The molecule has 3 rings (SSSR count). The van der Waals surface area contributed by atoms with Crippen LogP contribution in [-0.2, 0) is 11.2 Å². The van der Waals surface area contributed by atoms with Gasteiger partial charge in [-0.3, -0.25) is 0 Å². The Labute approximate surface area is 174 Å². The second-order valence-corrected chi connectivity index (χ2v) is 9.42. The third-order valence-electron chi connectivity index (χ3n) is 6.98. The Morgan fingerprint density at radius 3 is 2.11 bits per heavy atom. The molecule has 2 aliphatic rings. The largest absolute Gasteiger partial charge is 0.457 e. The molecule has 0 saturated heterocycles. The number of thioether (sulfide) groups is 1. The fourth-order valence-electron chi connectivity index (χ4n) is 5.14. The highest BCUT2D eigenvalue weighted by atomic mass is 32.2. The summed E-state index contributed by atoms with van der Waals surface area (Å²) in [5, 5.41) is 8.76. The van der Waals surface area contributed by atoms with E-state index in [1.165, 1.54) is 75.1 Å². The van der Waals surface area contributed by atoms with Gasteiger partial charge in [0.05, 0.1) is 18.2 Å². The van der Waals surface area contributed by atoms with Crippen LogP contribution >= 0.6 is 11.8 Å². The number of hydrogen-bond donors (Lipinski definition) is 0. The maximum absolute atomic E-state index is 11.3. The van der Waals surface area contributed by atoms with Crippen LogP contribution in [0.5, 0.6) is 0 Å². The number of hydrogen-bond acceptors (Lipinski definition) is 4. The average Bonchev–Trinajstić information content (AvgIpc) is 2.77. The smallest absolute Gasteiger partial charge is 0.367 e. The van der Waals surface area contributed by atoms with E-state index < -0.39 is 0 Å². The minimum atomic E-state index is -0.138. The number of nitriles is 1. The molecule has 1 aromatic carbocycles. The average molecular weight is 400 g/mol. The van der Waals surface area contributed by atoms with Gasteiger partial charge in [-0.25, -0.2) is 4.79 Å². The fourth-order valence-corrected chi connectivity index (χ4v) is 5.32. The van der Waals surface area contributed by atoms with E-state index in [1.54, 1.807) is 6.26 Å². The number of carbonyl (C=O) groups excluding carboxylic acids is 1. The number of aryl methyl sites for hydroxylation is 1. The van der Waals surface area contributed by atoms with Crippen molar-refractivity contribution in [3.8, 4) is 6.07 Å². The highest BCUT2D eigenvalue weighted by Gasteiger charge is 2.31. The molecule has 152 valence electrons. The molecule has 0 unspecified atom stereocenters. The van der Waals surface area contributed by atoms with E-state index in [2.05, 4.69) is 18.2 Å². The summed E-state index contributed by atoms with van der Waals surface area (Å²) in [4.78, 5) is 11.3. The van der Waals surface area contributed by atoms with Crippen molar-refractivity contribution in [2.24, 2.45) is 23.7 Å². The van der Waals surface area contributed by atoms with E-state index in [1.807, 2.05) is 12.1 Å². The van der Waals surface area contributed by atoms with Gasteiger partial charge in [-0.2, -0.15) is 5.26 Å². The van der Waals surface area contributed by atoms with E-state index in [0.717, 1.165) is 29.7 Å². The summed E-state index contributed by atoms with van der Waals surface area (Å²) in [6, 6.07) is 10.3. The summed E-state index contributed by atoms with van der Waals surface area (Å²) in [5.41, 5.74) is 2.11. The maximum atomic E-state index is 11.3. The Kier molecular flexibility index (Phi) is 8.27. The Balaban J connectivity index is 1.33. The van der Waals surface area contributed by atoms with Gasteiger partial charge in [0.1, 0.15) is 0 Å². The van der Waals surface area contributed by atoms with Crippen molar-refractivity contribution in [1.82, 2.24) is 0 Å². The number of nitrogens with zero attached hydrogens (tertiary/aromatic N) is 1. The molecule has 0 bridgehead atoms. The van der Waals surface area contributed by atoms with Gasteiger partial charge in [0, 0.05) is 0 Å². The molecule has 0 heterocycles. The van der Waals surface area contributed by atoms with Gasteiger partial charge in [-0.05, 0) is 111 Å². The number of rotatable bonds is 6. The Bertz CT molecular complexity index is 650. The van der Waals surface area contributed by atoms with Gasteiger partial charge in [0.2, 0.25) is 0 Å². The Morgan fingerprint density at radius 1 is 1.00 bits per heavy atom. The van der Waals surface area contributed by atoms with E-state index in [9.17, 15) is 4.79 Å². The molecule has 2 aliphatic carbocycles. The van der Waals surface area contributed by atoms with Crippen molar-refractivity contribution in [2.45, 2.75) is 64.2 Å². The molecule has 0 spiro atoms. The Hall–Kier alpha value is -1.47. The van der Waals surface area contributed by atoms with Gasteiger partial charge >= 0.3 is 5.30 Å². The predicted molar refractivity (Wildman–Crippen MR) is 115 cm³/mol. The zero-order valence-corrected chi connectivity index (χ0v) is 17.9. The van der Waals surface area contributed by atoms with Crippen LogP contribution in [0.4, 0.5) is 4.79 Å². The molecule has 4 heteroatoms. The van der Waals surface area contributed by atoms with Gasteiger partial charge in [0.15, 0.2) is 0 Å². The molecule has 0 N–H and O–H groups in total. The zero-order chi connectivity index (χ0) is 19.8. The quantitative estimate of drug-likeness (QED) is 0.505. The number of benzene rings is 1. The van der Waals surface area contributed by atoms with Gasteiger partial charge < -0.3 is 4.74 Å². The van der Waals surface area contributed by atoms with Crippen LogP contribution in [-0.4, -0.2) is 18.2 Å². The fraction of sp³-hybridized carbons (Fsp3) is 0.667.